The molecule has 2 aliphatic heterocycles. The van der Waals surface area contributed by atoms with E-state index in [9.17, 15) is 19.1 Å². The molecule has 0 unspecified atom stereocenters. The van der Waals surface area contributed by atoms with Crippen molar-refractivity contribution < 1.29 is 23.8 Å². The molecule has 152 valence electrons. The maximum atomic E-state index is 14.4. The van der Waals surface area contributed by atoms with Crippen molar-refractivity contribution in [2.45, 2.75) is 25.7 Å². The van der Waals surface area contributed by atoms with Crippen LogP contribution in [0.25, 0.3) is 5.69 Å². The van der Waals surface area contributed by atoms with E-state index in [0.717, 1.165) is 30.5 Å². The molecule has 2 fully saturated rings. The van der Waals surface area contributed by atoms with Gasteiger partial charge in [-0.15, -0.1) is 0 Å². The summed E-state index contributed by atoms with van der Waals surface area (Å²) in [6, 6.07) is 6.39. The Kier molecular flexibility index (Phi) is 4.20. The second-order valence-corrected chi connectivity index (χ2v) is 8.16. The Bertz CT molecular complexity index is 1000. The van der Waals surface area contributed by atoms with Crippen molar-refractivity contribution in [2.75, 3.05) is 26.3 Å². The van der Waals surface area contributed by atoms with Crippen molar-refractivity contribution in [3.8, 4) is 5.69 Å². The minimum Gasteiger partial charge on any atom is -0.481 e. The highest BCUT2D eigenvalue weighted by Gasteiger charge is 2.55. The topological polar surface area (TPSA) is 84.7 Å². The van der Waals surface area contributed by atoms with Gasteiger partial charge in [-0.2, -0.15) is 5.10 Å². The highest BCUT2D eigenvalue weighted by atomic mass is 19.1. The van der Waals surface area contributed by atoms with E-state index in [1.807, 2.05) is 0 Å². The predicted molar refractivity (Wildman–Crippen MR) is 100 cm³/mol. The molecule has 3 heterocycles. The summed E-state index contributed by atoms with van der Waals surface area (Å²) in [4.78, 5) is 27.0. The Balaban J connectivity index is 1.51. The van der Waals surface area contributed by atoms with E-state index in [-0.39, 0.29) is 18.4 Å². The first kappa shape index (κ1) is 18.3. The number of hydrogen-bond donors (Lipinski definition) is 1. The monoisotopic (exact) mass is 399 g/mol. The number of amides is 1. The number of carboxylic acid groups (broad SMARTS) is 1. The summed E-state index contributed by atoms with van der Waals surface area (Å²) in [6.45, 7) is 1.24. The number of benzene rings is 1. The molecular formula is C21H22FN3O4. The minimum atomic E-state index is -0.953. The second-order valence-electron chi connectivity index (χ2n) is 8.16. The third-order valence-corrected chi connectivity index (χ3v) is 6.63. The Morgan fingerprint density at radius 1 is 1.28 bits per heavy atom. The number of fused-ring (bicyclic) bond motifs is 2. The van der Waals surface area contributed by atoms with Crippen molar-refractivity contribution in [3.05, 3.63) is 47.0 Å². The van der Waals surface area contributed by atoms with E-state index < -0.39 is 17.2 Å². The first-order valence-corrected chi connectivity index (χ1v) is 9.97. The molecule has 1 aromatic carbocycles. The van der Waals surface area contributed by atoms with Gasteiger partial charge in [-0.1, -0.05) is 12.1 Å². The Hall–Kier alpha value is -2.74. The van der Waals surface area contributed by atoms with Gasteiger partial charge in [0.15, 0.2) is 5.69 Å². The van der Waals surface area contributed by atoms with Gasteiger partial charge in [-0.25, -0.2) is 9.07 Å². The average Bonchev–Trinajstić information content (AvgIpc) is 3.41. The number of ether oxygens (including phenoxy) is 1. The summed E-state index contributed by atoms with van der Waals surface area (Å²) >= 11 is 0. The number of rotatable bonds is 3. The Morgan fingerprint density at radius 2 is 2.10 bits per heavy atom. The lowest BCUT2D eigenvalue weighted by atomic mass is 9.74. The number of carbonyl (C=O) groups is 2. The van der Waals surface area contributed by atoms with Gasteiger partial charge in [0.05, 0.1) is 12.0 Å². The van der Waals surface area contributed by atoms with Crippen LogP contribution in [0.2, 0.25) is 0 Å². The maximum absolute atomic E-state index is 14.4. The van der Waals surface area contributed by atoms with E-state index in [4.69, 9.17) is 4.74 Å². The molecule has 2 saturated heterocycles. The third-order valence-electron chi connectivity index (χ3n) is 6.63. The number of halogens is 1. The number of nitrogens with zero attached hydrogens (tertiary/aromatic N) is 3. The van der Waals surface area contributed by atoms with Crippen LogP contribution in [-0.2, 0) is 22.4 Å². The van der Waals surface area contributed by atoms with Gasteiger partial charge in [-0.05, 0) is 37.8 Å². The highest BCUT2D eigenvalue weighted by Crippen LogP contribution is 2.43. The molecule has 1 amide bonds. The summed E-state index contributed by atoms with van der Waals surface area (Å²) in [7, 11) is 0. The van der Waals surface area contributed by atoms with E-state index in [2.05, 4.69) is 5.10 Å². The Labute approximate surface area is 167 Å². The molecule has 3 aliphatic rings. The zero-order valence-electron chi connectivity index (χ0n) is 15.9. The first-order chi connectivity index (χ1) is 14.0. The van der Waals surface area contributed by atoms with Crippen LogP contribution in [0, 0.1) is 17.2 Å². The second kappa shape index (κ2) is 6.66. The molecule has 1 N–H and O–H groups in total. The Morgan fingerprint density at radius 3 is 2.86 bits per heavy atom. The van der Waals surface area contributed by atoms with Crippen LogP contribution in [0.15, 0.2) is 24.3 Å². The number of hydrogen-bond acceptors (Lipinski definition) is 4. The SMILES string of the molecule is O=C(c1nn(-c2ccccc2F)c2c1CCC2)N1C[C@H]2COCC[C@@]2(C(=O)O)C1. The van der Waals surface area contributed by atoms with Crippen molar-refractivity contribution in [1.29, 1.82) is 0 Å². The van der Waals surface area contributed by atoms with Crippen molar-refractivity contribution >= 4 is 11.9 Å². The zero-order chi connectivity index (χ0) is 20.2. The minimum absolute atomic E-state index is 0.163. The third kappa shape index (κ3) is 2.69. The molecule has 0 radical (unpaired) electrons. The number of likely N-dealkylation sites (tertiary alicyclic amines) is 1. The normalized spacial score (nSPS) is 25.7. The zero-order valence-corrected chi connectivity index (χ0v) is 15.9. The number of carboxylic acids is 1. The summed E-state index contributed by atoms with van der Waals surface area (Å²) in [5.74, 6) is -1.76. The maximum Gasteiger partial charge on any atom is 0.311 e. The van der Waals surface area contributed by atoms with Gasteiger partial charge in [0.1, 0.15) is 11.5 Å². The molecule has 0 bridgehead atoms. The largest absolute Gasteiger partial charge is 0.481 e. The molecular weight excluding hydrogens is 377 g/mol. The molecule has 1 aromatic heterocycles. The molecule has 7 nitrogen and oxygen atoms in total. The summed E-state index contributed by atoms with van der Waals surface area (Å²) in [6.07, 6.45) is 2.74. The van der Waals surface area contributed by atoms with E-state index in [1.165, 1.54) is 6.07 Å². The highest BCUT2D eigenvalue weighted by molar-refractivity contribution is 5.95. The van der Waals surface area contributed by atoms with Crippen LogP contribution in [-0.4, -0.2) is 58.0 Å². The molecule has 2 atom stereocenters. The van der Waals surface area contributed by atoms with Crippen molar-refractivity contribution in [2.24, 2.45) is 11.3 Å². The van der Waals surface area contributed by atoms with E-state index in [1.54, 1.807) is 27.8 Å². The standard InChI is InChI=1S/C21H22FN3O4/c22-15-5-1-2-6-17(15)25-16-7-3-4-14(16)18(23-25)19(26)24-10-13-11-29-9-8-21(13,12-24)20(27)28/h1-2,5-6,13H,3-4,7-12H2,(H,27,28)/t13-,21+/m0/s1. The van der Waals surface area contributed by atoms with Gasteiger partial charge in [-0.3, -0.25) is 9.59 Å². The fraction of sp³-hybridized carbons (Fsp3) is 0.476. The molecule has 1 aliphatic carbocycles. The molecule has 5 rings (SSSR count). The van der Waals surface area contributed by atoms with Gasteiger partial charge < -0.3 is 14.7 Å². The fourth-order valence-electron chi connectivity index (χ4n) is 5.04. The van der Waals surface area contributed by atoms with Gasteiger partial charge in [0, 0.05) is 36.9 Å². The van der Waals surface area contributed by atoms with E-state index in [0.29, 0.717) is 37.6 Å². The lowest BCUT2D eigenvalue weighted by molar-refractivity contribution is -0.157. The molecule has 0 spiro atoms. The number of para-hydroxylation sites is 1. The lowest BCUT2D eigenvalue weighted by Crippen LogP contribution is -2.45. The number of aromatic nitrogens is 2. The number of aliphatic carboxylic acids is 1. The van der Waals surface area contributed by atoms with Crippen molar-refractivity contribution in [1.82, 2.24) is 14.7 Å². The summed E-state index contributed by atoms with van der Waals surface area (Å²) in [5, 5.41) is 14.4. The van der Waals surface area contributed by atoms with Gasteiger partial charge in [0.2, 0.25) is 0 Å². The molecule has 0 saturated carbocycles. The van der Waals surface area contributed by atoms with Crippen LogP contribution in [0.1, 0.15) is 34.6 Å². The summed E-state index contributed by atoms with van der Waals surface area (Å²) < 4.78 is 21.4. The average molecular weight is 399 g/mol. The number of carbonyl (C=O) groups excluding carboxylic acids is 1. The van der Waals surface area contributed by atoms with Crippen LogP contribution in [0.5, 0.6) is 0 Å². The molecule has 8 heteroatoms. The fourth-order valence-corrected chi connectivity index (χ4v) is 5.04. The van der Waals surface area contributed by atoms with E-state index >= 15 is 0 Å². The van der Waals surface area contributed by atoms with Crippen LogP contribution in [0.3, 0.4) is 0 Å². The van der Waals surface area contributed by atoms with Gasteiger partial charge in [0.25, 0.3) is 5.91 Å². The van der Waals surface area contributed by atoms with Gasteiger partial charge >= 0.3 is 5.97 Å². The van der Waals surface area contributed by atoms with Crippen LogP contribution in [0.4, 0.5) is 4.39 Å². The lowest BCUT2D eigenvalue weighted by Gasteiger charge is -2.33. The van der Waals surface area contributed by atoms with Crippen LogP contribution >= 0.6 is 0 Å². The molecule has 29 heavy (non-hydrogen) atoms. The van der Waals surface area contributed by atoms with Crippen LogP contribution < -0.4 is 0 Å². The summed E-state index contributed by atoms with van der Waals surface area (Å²) in [5.41, 5.74) is 1.42. The smallest absolute Gasteiger partial charge is 0.311 e. The quantitative estimate of drug-likeness (QED) is 0.854. The van der Waals surface area contributed by atoms with Crippen molar-refractivity contribution in [3.63, 3.8) is 0 Å². The predicted octanol–water partition coefficient (Wildman–Crippen LogP) is 2.06. The first-order valence-electron chi connectivity index (χ1n) is 9.97. The molecule has 2 aromatic rings.